The maximum atomic E-state index is 6.08. The maximum Gasteiger partial charge on any atom is 0.0558 e. The molecule has 0 bridgehead atoms. The number of methoxy groups -OCH3 is 1. The van der Waals surface area contributed by atoms with Crippen LogP contribution in [-0.2, 0) is 4.74 Å². The molecule has 0 aliphatic heterocycles. The van der Waals surface area contributed by atoms with Gasteiger partial charge in [0.05, 0.1) is 6.10 Å². The van der Waals surface area contributed by atoms with Crippen molar-refractivity contribution in [2.75, 3.05) is 7.11 Å². The van der Waals surface area contributed by atoms with Crippen molar-refractivity contribution >= 4 is 0 Å². The van der Waals surface area contributed by atoms with E-state index >= 15 is 0 Å². The smallest absolute Gasteiger partial charge is 0.0558 e. The van der Waals surface area contributed by atoms with Crippen molar-refractivity contribution in [3.63, 3.8) is 0 Å². The zero-order chi connectivity index (χ0) is 8.97. The Morgan fingerprint density at radius 1 is 1.42 bits per heavy atom. The molecule has 72 valence electrons. The molecule has 1 aliphatic rings. The van der Waals surface area contributed by atoms with Gasteiger partial charge in [-0.15, -0.1) is 0 Å². The first kappa shape index (κ1) is 10.0. The summed E-state index contributed by atoms with van der Waals surface area (Å²) >= 11 is 0. The highest BCUT2D eigenvalue weighted by Gasteiger charge is 2.23. The summed E-state index contributed by atoms with van der Waals surface area (Å²) in [5.41, 5.74) is 6.08. The van der Waals surface area contributed by atoms with Gasteiger partial charge < -0.3 is 10.5 Å². The molecule has 2 heteroatoms. The topological polar surface area (TPSA) is 35.2 Å². The molecule has 2 N–H and O–H groups in total. The molecule has 0 heterocycles. The first-order chi connectivity index (χ1) is 5.74. The molecule has 12 heavy (non-hydrogen) atoms. The normalized spacial score (nSPS) is 24.2. The van der Waals surface area contributed by atoms with Crippen molar-refractivity contribution in [2.45, 2.75) is 51.2 Å². The Morgan fingerprint density at radius 2 is 2.00 bits per heavy atom. The minimum absolute atomic E-state index is 0.320. The summed E-state index contributed by atoms with van der Waals surface area (Å²) in [7, 11) is 1.76. The number of ether oxygens (including phenoxy) is 1. The molecular weight excluding hydrogens is 150 g/mol. The van der Waals surface area contributed by atoms with Gasteiger partial charge in [0.1, 0.15) is 0 Å². The van der Waals surface area contributed by atoms with Crippen molar-refractivity contribution < 1.29 is 4.74 Å². The van der Waals surface area contributed by atoms with Gasteiger partial charge >= 0.3 is 0 Å². The fourth-order valence-electron chi connectivity index (χ4n) is 2.06. The first-order valence-corrected chi connectivity index (χ1v) is 5.02. The van der Waals surface area contributed by atoms with E-state index in [4.69, 9.17) is 10.5 Å². The lowest BCUT2D eigenvalue weighted by Gasteiger charge is -2.21. The average molecular weight is 171 g/mol. The van der Waals surface area contributed by atoms with Gasteiger partial charge in [-0.2, -0.15) is 0 Å². The van der Waals surface area contributed by atoms with Gasteiger partial charge in [0, 0.05) is 13.2 Å². The number of hydrogen-bond donors (Lipinski definition) is 1. The molecule has 1 aliphatic carbocycles. The van der Waals surface area contributed by atoms with E-state index in [0.717, 1.165) is 12.3 Å². The van der Waals surface area contributed by atoms with Crippen LogP contribution >= 0.6 is 0 Å². The highest BCUT2D eigenvalue weighted by atomic mass is 16.5. The lowest BCUT2D eigenvalue weighted by atomic mass is 9.94. The summed E-state index contributed by atoms with van der Waals surface area (Å²) in [4.78, 5) is 0. The average Bonchev–Trinajstić information content (AvgIpc) is 2.56. The molecule has 0 aromatic carbocycles. The van der Waals surface area contributed by atoms with Gasteiger partial charge in [-0.1, -0.05) is 12.8 Å². The third-order valence-electron chi connectivity index (χ3n) is 3.01. The predicted octanol–water partition coefficient (Wildman–Crippen LogP) is 1.93. The summed E-state index contributed by atoms with van der Waals surface area (Å²) in [6, 6.07) is 0.363. The van der Waals surface area contributed by atoms with Crippen LogP contribution < -0.4 is 5.73 Å². The number of nitrogens with two attached hydrogens (primary N) is 1. The fraction of sp³-hybridized carbons (Fsp3) is 1.00. The van der Waals surface area contributed by atoms with E-state index < -0.39 is 0 Å². The monoisotopic (exact) mass is 171 g/mol. The van der Waals surface area contributed by atoms with Gasteiger partial charge in [0.25, 0.3) is 0 Å². The van der Waals surface area contributed by atoms with Crippen LogP contribution in [0.5, 0.6) is 0 Å². The third-order valence-corrected chi connectivity index (χ3v) is 3.01. The Kier molecular flexibility index (Phi) is 4.02. The van der Waals surface area contributed by atoms with E-state index in [9.17, 15) is 0 Å². The summed E-state index contributed by atoms with van der Waals surface area (Å²) < 4.78 is 5.20. The Morgan fingerprint density at radius 3 is 2.50 bits per heavy atom. The molecule has 1 saturated carbocycles. The largest absolute Gasteiger partial charge is 0.382 e. The van der Waals surface area contributed by atoms with Crippen LogP contribution in [0.1, 0.15) is 39.0 Å². The van der Waals surface area contributed by atoms with Gasteiger partial charge in [-0.25, -0.2) is 0 Å². The SMILES string of the molecule is COC(C)CC(N)C1CCCC1. The van der Waals surface area contributed by atoms with Crippen molar-refractivity contribution in [3.05, 3.63) is 0 Å². The minimum atomic E-state index is 0.320. The summed E-state index contributed by atoms with van der Waals surface area (Å²) in [5, 5.41) is 0. The Labute approximate surface area is 75.5 Å². The molecule has 0 amide bonds. The Hall–Kier alpha value is -0.0800. The summed E-state index contributed by atoms with van der Waals surface area (Å²) in [6.45, 7) is 2.09. The van der Waals surface area contributed by atoms with Crippen LogP contribution in [0.3, 0.4) is 0 Å². The molecule has 0 spiro atoms. The molecule has 1 rings (SSSR count). The van der Waals surface area contributed by atoms with E-state index in [1.807, 2.05) is 0 Å². The summed E-state index contributed by atoms with van der Waals surface area (Å²) in [5.74, 6) is 0.766. The van der Waals surface area contributed by atoms with Crippen molar-refractivity contribution in [3.8, 4) is 0 Å². The minimum Gasteiger partial charge on any atom is -0.382 e. The molecule has 2 unspecified atom stereocenters. The Bertz CT molecular complexity index is 121. The number of rotatable bonds is 4. The maximum absolute atomic E-state index is 6.08. The predicted molar refractivity (Wildman–Crippen MR) is 51.0 cm³/mol. The third kappa shape index (κ3) is 2.76. The van der Waals surface area contributed by atoms with E-state index in [2.05, 4.69) is 6.92 Å². The molecule has 0 saturated heterocycles. The van der Waals surface area contributed by atoms with Crippen LogP contribution in [0, 0.1) is 5.92 Å². The highest BCUT2D eigenvalue weighted by Crippen LogP contribution is 2.28. The van der Waals surface area contributed by atoms with Crippen molar-refractivity contribution in [1.82, 2.24) is 0 Å². The van der Waals surface area contributed by atoms with Crippen LogP contribution in [0.4, 0.5) is 0 Å². The molecule has 2 nitrogen and oxygen atoms in total. The molecule has 0 aromatic heterocycles. The Balaban J connectivity index is 2.21. The standard InChI is InChI=1S/C10H21NO/c1-8(12-2)7-10(11)9-5-3-4-6-9/h8-10H,3-7,11H2,1-2H3. The van der Waals surface area contributed by atoms with Crippen molar-refractivity contribution in [2.24, 2.45) is 11.7 Å². The van der Waals surface area contributed by atoms with Gasteiger partial charge in [-0.3, -0.25) is 0 Å². The highest BCUT2D eigenvalue weighted by molar-refractivity contribution is 4.79. The molecule has 0 radical (unpaired) electrons. The van der Waals surface area contributed by atoms with Crippen LogP contribution in [0.15, 0.2) is 0 Å². The zero-order valence-electron chi connectivity index (χ0n) is 8.25. The van der Waals surface area contributed by atoms with E-state index in [1.54, 1.807) is 7.11 Å². The van der Waals surface area contributed by atoms with Crippen LogP contribution in [0.2, 0.25) is 0 Å². The lowest BCUT2D eigenvalue weighted by Crippen LogP contribution is -2.32. The summed E-state index contributed by atoms with van der Waals surface area (Å²) in [6.07, 6.45) is 6.75. The van der Waals surface area contributed by atoms with E-state index in [1.165, 1.54) is 25.7 Å². The fourth-order valence-corrected chi connectivity index (χ4v) is 2.06. The zero-order valence-corrected chi connectivity index (χ0v) is 8.25. The second-order valence-corrected chi connectivity index (χ2v) is 3.99. The lowest BCUT2D eigenvalue weighted by molar-refractivity contribution is 0.0980. The molecule has 2 atom stereocenters. The molecule has 1 fully saturated rings. The van der Waals surface area contributed by atoms with Crippen LogP contribution in [-0.4, -0.2) is 19.3 Å². The number of hydrogen-bond acceptors (Lipinski definition) is 2. The molecule has 0 aromatic rings. The second-order valence-electron chi connectivity index (χ2n) is 3.99. The molecular formula is C10H21NO. The quantitative estimate of drug-likeness (QED) is 0.701. The van der Waals surface area contributed by atoms with E-state index in [-0.39, 0.29) is 0 Å². The first-order valence-electron chi connectivity index (χ1n) is 5.02. The van der Waals surface area contributed by atoms with Crippen LogP contribution in [0.25, 0.3) is 0 Å². The van der Waals surface area contributed by atoms with Crippen molar-refractivity contribution in [1.29, 1.82) is 0 Å². The van der Waals surface area contributed by atoms with E-state index in [0.29, 0.717) is 12.1 Å². The second kappa shape index (κ2) is 4.83. The van der Waals surface area contributed by atoms with Gasteiger partial charge in [0.15, 0.2) is 0 Å². The van der Waals surface area contributed by atoms with Gasteiger partial charge in [0.2, 0.25) is 0 Å². The van der Waals surface area contributed by atoms with Gasteiger partial charge in [-0.05, 0) is 32.1 Å².